The van der Waals surface area contributed by atoms with Crippen molar-refractivity contribution >= 4 is 29.9 Å². The molecule has 0 aromatic carbocycles. The van der Waals surface area contributed by atoms with E-state index in [2.05, 4.69) is 45.3 Å². The molecule has 156 valence electrons. The topological polar surface area (TPSA) is 63.5 Å². The van der Waals surface area contributed by atoms with E-state index in [0.29, 0.717) is 12.0 Å². The molecule has 1 unspecified atom stereocenters. The number of aliphatic imine (C=N–C) groups is 1. The van der Waals surface area contributed by atoms with E-state index < -0.39 is 0 Å². The lowest BCUT2D eigenvalue weighted by Gasteiger charge is -2.18. The predicted octanol–water partition coefficient (Wildman–Crippen LogP) is 3.66. The van der Waals surface area contributed by atoms with E-state index in [1.807, 2.05) is 14.0 Å². The Morgan fingerprint density at radius 3 is 2.56 bits per heavy atom. The van der Waals surface area contributed by atoms with E-state index in [9.17, 15) is 0 Å². The van der Waals surface area contributed by atoms with Gasteiger partial charge in [-0.15, -0.1) is 24.0 Å². The summed E-state index contributed by atoms with van der Waals surface area (Å²) < 4.78 is 8.10. The molecule has 1 heterocycles. The van der Waals surface area contributed by atoms with Crippen LogP contribution in [0.4, 0.5) is 0 Å². The molecule has 1 aromatic rings. The summed E-state index contributed by atoms with van der Waals surface area (Å²) in [4.78, 5) is 4.30. The minimum Gasteiger partial charge on any atom is -0.376 e. The van der Waals surface area contributed by atoms with Crippen molar-refractivity contribution in [2.45, 2.75) is 71.9 Å². The van der Waals surface area contributed by atoms with Crippen molar-refractivity contribution in [3.63, 3.8) is 0 Å². The molecule has 0 spiro atoms. The third-order valence-electron chi connectivity index (χ3n) is 4.98. The van der Waals surface area contributed by atoms with Crippen LogP contribution in [0.25, 0.3) is 0 Å². The molecule has 0 bridgehead atoms. The average molecular weight is 491 g/mol. The first kappa shape index (κ1) is 24.2. The number of rotatable bonds is 8. The van der Waals surface area contributed by atoms with Crippen molar-refractivity contribution in [2.24, 2.45) is 10.9 Å². The van der Waals surface area contributed by atoms with Gasteiger partial charge in [0.2, 0.25) is 0 Å². The van der Waals surface area contributed by atoms with Gasteiger partial charge in [0.05, 0.1) is 18.4 Å². The van der Waals surface area contributed by atoms with Gasteiger partial charge in [0, 0.05) is 32.4 Å². The molecule has 27 heavy (non-hydrogen) atoms. The van der Waals surface area contributed by atoms with Gasteiger partial charge in [-0.25, -0.2) is 0 Å². The first-order chi connectivity index (χ1) is 12.6. The highest BCUT2D eigenvalue weighted by Gasteiger charge is 2.12. The lowest BCUT2D eigenvalue weighted by atomic mass is 10.1. The molecule has 2 rings (SSSR count). The number of nitrogens with one attached hydrogen (secondary N) is 2. The molecule has 1 aromatic heterocycles. The zero-order chi connectivity index (χ0) is 18.8. The van der Waals surface area contributed by atoms with Crippen LogP contribution >= 0.6 is 24.0 Å². The number of hydrogen-bond acceptors (Lipinski definition) is 3. The van der Waals surface area contributed by atoms with Crippen molar-refractivity contribution in [3.05, 3.63) is 17.5 Å². The van der Waals surface area contributed by atoms with Crippen LogP contribution in [0, 0.1) is 19.8 Å². The van der Waals surface area contributed by atoms with Crippen LogP contribution in [0.15, 0.2) is 11.1 Å². The first-order valence-electron chi connectivity index (χ1n) is 10.2. The summed E-state index contributed by atoms with van der Waals surface area (Å²) in [6, 6.07) is 2.12. The van der Waals surface area contributed by atoms with Crippen LogP contribution in [0.3, 0.4) is 0 Å². The van der Waals surface area contributed by atoms with Crippen molar-refractivity contribution in [1.82, 2.24) is 20.4 Å². The molecular formula is C20H38IN5O. The normalized spacial score (nSPS) is 17.1. The third kappa shape index (κ3) is 9.27. The second-order valence-electron chi connectivity index (χ2n) is 7.58. The fourth-order valence-corrected chi connectivity index (χ4v) is 3.51. The fourth-order valence-electron chi connectivity index (χ4n) is 3.51. The molecule has 0 radical (unpaired) electrons. The van der Waals surface area contributed by atoms with Crippen molar-refractivity contribution in [1.29, 1.82) is 0 Å². The maximum atomic E-state index is 6.02. The lowest BCUT2D eigenvalue weighted by Crippen LogP contribution is -2.41. The summed E-state index contributed by atoms with van der Waals surface area (Å²) >= 11 is 0. The Kier molecular flexibility index (Phi) is 12.0. The zero-order valence-electron chi connectivity index (χ0n) is 17.5. The Morgan fingerprint density at radius 1 is 1.26 bits per heavy atom. The molecule has 0 saturated heterocycles. The Morgan fingerprint density at radius 2 is 1.96 bits per heavy atom. The molecule has 2 N–H and O–H groups in total. The van der Waals surface area contributed by atoms with Crippen LogP contribution in [0.1, 0.15) is 56.8 Å². The van der Waals surface area contributed by atoms with Crippen molar-refractivity contribution in [3.8, 4) is 0 Å². The van der Waals surface area contributed by atoms with Gasteiger partial charge in [-0.05, 0) is 38.7 Å². The molecule has 6 nitrogen and oxygen atoms in total. The molecule has 0 amide bonds. The van der Waals surface area contributed by atoms with E-state index in [4.69, 9.17) is 4.74 Å². The standard InChI is InChI=1S/C20H37N5O.HI/c1-16(15-25-18(3)13-17(2)24-25)14-23-20(21-4)22-11-12-26-19-9-7-5-6-8-10-19;/h13,16,19H,5-12,14-15H2,1-4H3,(H2,21,22,23);1H. The number of halogens is 1. The van der Waals surface area contributed by atoms with Gasteiger partial charge >= 0.3 is 0 Å². The molecule has 1 atom stereocenters. The Balaban J connectivity index is 0.00000364. The molecule has 1 fully saturated rings. The van der Waals surface area contributed by atoms with E-state index >= 15 is 0 Å². The third-order valence-corrected chi connectivity index (χ3v) is 4.98. The maximum absolute atomic E-state index is 6.02. The highest BCUT2D eigenvalue weighted by Crippen LogP contribution is 2.19. The number of aromatic nitrogens is 2. The molecule has 7 heteroatoms. The van der Waals surface area contributed by atoms with Crippen LogP contribution in [0.2, 0.25) is 0 Å². The average Bonchev–Trinajstić information content (AvgIpc) is 2.81. The summed E-state index contributed by atoms with van der Waals surface area (Å²) in [6.07, 6.45) is 8.25. The summed E-state index contributed by atoms with van der Waals surface area (Å²) in [6.45, 7) is 9.68. The summed E-state index contributed by atoms with van der Waals surface area (Å²) in [7, 11) is 1.81. The first-order valence-corrected chi connectivity index (χ1v) is 10.2. The number of nitrogens with zero attached hydrogens (tertiary/aromatic N) is 3. The van der Waals surface area contributed by atoms with Gasteiger partial charge in [-0.1, -0.05) is 32.6 Å². The molecule has 1 saturated carbocycles. The minimum atomic E-state index is 0. The second kappa shape index (κ2) is 13.4. The quantitative estimate of drug-likeness (QED) is 0.192. The summed E-state index contributed by atoms with van der Waals surface area (Å²) in [5.74, 6) is 1.31. The second-order valence-corrected chi connectivity index (χ2v) is 7.58. The summed E-state index contributed by atoms with van der Waals surface area (Å²) in [5, 5.41) is 11.3. The van der Waals surface area contributed by atoms with E-state index in [1.54, 1.807) is 0 Å². The van der Waals surface area contributed by atoms with Crippen molar-refractivity contribution < 1.29 is 4.74 Å². The molecular weight excluding hydrogens is 453 g/mol. The zero-order valence-corrected chi connectivity index (χ0v) is 19.8. The van der Waals surface area contributed by atoms with E-state index in [1.165, 1.54) is 44.2 Å². The number of ether oxygens (including phenoxy) is 1. The SMILES string of the molecule is CN=C(NCCOC1CCCCCC1)NCC(C)Cn1nc(C)cc1C.I. The van der Waals surface area contributed by atoms with Gasteiger partial charge in [-0.3, -0.25) is 9.67 Å². The highest BCUT2D eigenvalue weighted by atomic mass is 127. The monoisotopic (exact) mass is 491 g/mol. The summed E-state index contributed by atoms with van der Waals surface area (Å²) in [5.41, 5.74) is 2.29. The van der Waals surface area contributed by atoms with Crippen molar-refractivity contribution in [2.75, 3.05) is 26.7 Å². The molecule has 0 aliphatic heterocycles. The van der Waals surface area contributed by atoms with Gasteiger partial charge in [0.25, 0.3) is 0 Å². The Bertz CT molecular complexity index is 553. The number of guanidine groups is 1. The largest absolute Gasteiger partial charge is 0.376 e. The highest BCUT2D eigenvalue weighted by molar-refractivity contribution is 14.0. The molecule has 1 aliphatic rings. The van der Waals surface area contributed by atoms with Crippen LogP contribution in [0.5, 0.6) is 0 Å². The molecule has 1 aliphatic carbocycles. The minimum absolute atomic E-state index is 0. The smallest absolute Gasteiger partial charge is 0.191 e. The van der Waals surface area contributed by atoms with E-state index in [-0.39, 0.29) is 24.0 Å². The van der Waals surface area contributed by atoms with Crippen LogP contribution in [-0.4, -0.2) is 48.6 Å². The van der Waals surface area contributed by atoms with Crippen LogP contribution in [-0.2, 0) is 11.3 Å². The maximum Gasteiger partial charge on any atom is 0.191 e. The van der Waals surface area contributed by atoms with Crippen LogP contribution < -0.4 is 10.6 Å². The predicted molar refractivity (Wildman–Crippen MR) is 123 cm³/mol. The van der Waals surface area contributed by atoms with Gasteiger partial charge < -0.3 is 15.4 Å². The lowest BCUT2D eigenvalue weighted by molar-refractivity contribution is 0.0468. The van der Waals surface area contributed by atoms with Gasteiger partial charge in [-0.2, -0.15) is 5.10 Å². The van der Waals surface area contributed by atoms with Gasteiger partial charge in [0.15, 0.2) is 5.96 Å². The van der Waals surface area contributed by atoms with Gasteiger partial charge in [0.1, 0.15) is 0 Å². The number of hydrogen-bond donors (Lipinski definition) is 2. The van der Waals surface area contributed by atoms with E-state index in [0.717, 1.165) is 37.9 Å². The number of aryl methyl sites for hydroxylation is 2. The Hall–Kier alpha value is -0.830. The Labute approximate surface area is 181 Å². The fraction of sp³-hybridized carbons (Fsp3) is 0.800.